The SMILES string of the molecule is CCNC(=NCc1ccc(N2CC=CC2)cc1)NCC(CCO)CC(C)C. The average molecular weight is 373 g/mol. The molecule has 3 N–H and O–H groups in total. The first-order valence-electron chi connectivity index (χ1n) is 10.2. The monoisotopic (exact) mass is 372 g/mol. The molecule has 150 valence electrons. The molecule has 1 aliphatic heterocycles. The summed E-state index contributed by atoms with van der Waals surface area (Å²) in [5.74, 6) is 1.94. The van der Waals surface area contributed by atoms with Gasteiger partial charge in [-0.25, -0.2) is 4.99 Å². The molecule has 0 saturated carbocycles. The van der Waals surface area contributed by atoms with E-state index in [1.54, 1.807) is 0 Å². The number of aliphatic imine (C=N–C) groups is 1. The molecule has 0 spiro atoms. The Morgan fingerprint density at radius 2 is 1.85 bits per heavy atom. The van der Waals surface area contributed by atoms with E-state index in [9.17, 15) is 5.11 Å². The van der Waals surface area contributed by atoms with Crippen molar-refractivity contribution in [2.75, 3.05) is 37.7 Å². The summed E-state index contributed by atoms with van der Waals surface area (Å²) in [4.78, 5) is 7.07. The van der Waals surface area contributed by atoms with Crippen molar-refractivity contribution in [2.24, 2.45) is 16.8 Å². The number of nitrogens with zero attached hydrogens (tertiary/aromatic N) is 2. The first-order chi connectivity index (χ1) is 13.1. The summed E-state index contributed by atoms with van der Waals surface area (Å²) >= 11 is 0. The highest BCUT2D eigenvalue weighted by atomic mass is 16.3. The molecule has 0 fully saturated rings. The fraction of sp³-hybridized carbons (Fsp3) is 0.591. The van der Waals surface area contributed by atoms with Crippen LogP contribution in [0.25, 0.3) is 0 Å². The Hall–Kier alpha value is -2.01. The molecule has 2 rings (SSSR count). The van der Waals surface area contributed by atoms with Crippen molar-refractivity contribution >= 4 is 11.6 Å². The van der Waals surface area contributed by atoms with Crippen molar-refractivity contribution in [1.82, 2.24) is 10.6 Å². The number of rotatable bonds is 10. The van der Waals surface area contributed by atoms with E-state index in [4.69, 9.17) is 4.99 Å². The highest BCUT2D eigenvalue weighted by molar-refractivity contribution is 5.79. The number of hydrogen-bond donors (Lipinski definition) is 3. The van der Waals surface area contributed by atoms with Gasteiger partial charge >= 0.3 is 0 Å². The van der Waals surface area contributed by atoms with Crippen LogP contribution in [0.1, 0.15) is 39.2 Å². The number of aliphatic hydroxyl groups excluding tert-OH is 1. The molecule has 5 heteroatoms. The molecular formula is C22H36N4O. The summed E-state index contributed by atoms with van der Waals surface area (Å²) < 4.78 is 0. The van der Waals surface area contributed by atoms with E-state index in [2.05, 4.69) is 72.7 Å². The van der Waals surface area contributed by atoms with Gasteiger partial charge in [0, 0.05) is 38.5 Å². The lowest BCUT2D eigenvalue weighted by Gasteiger charge is -2.20. The van der Waals surface area contributed by atoms with Gasteiger partial charge in [0.05, 0.1) is 6.54 Å². The molecule has 0 bridgehead atoms. The number of benzene rings is 1. The van der Waals surface area contributed by atoms with Crippen LogP contribution in [-0.4, -0.2) is 43.9 Å². The predicted molar refractivity (Wildman–Crippen MR) is 115 cm³/mol. The van der Waals surface area contributed by atoms with E-state index < -0.39 is 0 Å². The minimum absolute atomic E-state index is 0.242. The zero-order chi connectivity index (χ0) is 19.5. The van der Waals surface area contributed by atoms with Crippen LogP contribution in [0.4, 0.5) is 5.69 Å². The Morgan fingerprint density at radius 3 is 2.44 bits per heavy atom. The van der Waals surface area contributed by atoms with E-state index in [0.717, 1.165) is 45.0 Å². The van der Waals surface area contributed by atoms with Crippen molar-refractivity contribution < 1.29 is 5.11 Å². The third kappa shape index (κ3) is 7.63. The van der Waals surface area contributed by atoms with E-state index in [0.29, 0.717) is 18.4 Å². The summed E-state index contributed by atoms with van der Waals surface area (Å²) in [7, 11) is 0. The second-order valence-corrected chi connectivity index (χ2v) is 7.63. The van der Waals surface area contributed by atoms with Gasteiger partial charge in [-0.15, -0.1) is 0 Å². The smallest absolute Gasteiger partial charge is 0.191 e. The second kappa shape index (κ2) is 11.7. The summed E-state index contributed by atoms with van der Waals surface area (Å²) in [5, 5.41) is 16.1. The zero-order valence-electron chi connectivity index (χ0n) is 17.1. The summed E-state index contributed by atoms with van der Waals surface area (Å²) in [6, 6.07) is 8.68. The molecule has 1 aromatic rings. The Labute approximate surface area is 164 Å². The van der Waals surface area contributed by atoms with Gasteiger partial charge in [-0.05, 0) is 49.3 Å². The quantitative estimate of drug-likeness (QED) is 0.335. The van der Waals surface area contributed by atoms with E-state index in [-0.39, 0.29) is 6.61 Å². The standard InChI is InChI=1S/C22H36N4O/c1-4-23-22(25-17-20(11-14-27)15-18(2)3)24-16-19-7-9-21(10-8-19)26-12-5-6-13-26/h5-10,18,20,27H,4,11-17H2,1-3H3,(H2,23,24,25). The van der Waals surface area contributed by atoms with Crippen molar-refractivity contribution in [2.45, 2.75) is 40.2 Å². The lowest BCUT2D eigenvalue weighted by atomic mass is 9.94. The van der Waals surface area contributed by atoms with Crippen LogP contribution >= 0.6 is 0 Å². The number of anilines is 1. The second-order valence-electron chi connectivity index (χ2n) is 7.63. The molecule has 0 aliphatic carbocycles. The third-order valence-electron chi connectivity index (χ3n) is 4.78. The van der Waals surface area contributed by atoms with Crippen molar-refractivity contribution in [3.8, 4) is 0 Å². The number of aliphatic hydroxyl groups is 1. The molecule has 1 heterocycles. The highest BCUT2D eigenvalue weighted by Crippen LogP contribution is 2.18. The van der Waals surface area contributed by atoms with Crippen molar-refractivity contribution in [3.63, 3.8) is 0 Å². The maximum Gasteiger partial charge on any atom is 0.191 e. The van der Waals surface area contributed by atoms with Gasteiger partial charge in [0.1, 0.15) is 0 Å². The zero-order valence-corrected chi connectivity index (χ0v) is 17.1. The summed E-state index contributed by atoms with van der Waals surface area (Å²) in [5.41, 5.74) is 2.47. The Kier molecular flexibility index (Phi) is 9.19. The number of hydrogen-bond acceptors (Lipinski definition) is 3. The van der Waals surface area contributed by atoms with Crippen LogP contribution in [-0.2, 0) is 6.54 Å². The maximum atomic E-state index is 9.29. The maximum absolute atomic E-state index is 9.29. The van der Waals surface area contributed by atoms with Gasteiger partial charge in [0.25, 0.3) is 0 Å². The minimum atomic E-state index is 0.242. The van der Waals surface area contributed by atoms with Crippen molar-refractivity contribution in [3.05, 3.63) is 42.0 Å². The average Bonchev–Trinajstić information content (AvgIpc) is 3.19. The van der Waals surface area contributed by atoms with E-state index in [1.165, 1.54) is 11.3 Å². The van der Waals surface area contributed by atoms with Crippen LogP contribution in [0.15, 0.2) is 41.4 Å². The van der Waals surface area contributed by atoms with E-state index >= 15 is 0 Å². The lowest BCUT2D eigenvalue weighted by Crippen LogP contribution is -2.40. The molecule has 1 unspecified atom stereocenters. The molecular weight excluding hydrogens is 336 g/mol. The van der Waals surface area contributed by atoms with Gasteiger partial charge in [-0.2, -0.15) is 0 Å². The fourth-order valence-corrected chi connectivity index (χ4v) is 3.41. The molecule has 1 aromatic carbocycles. The molecule has 1 atom stereocenters. The molecule has 0 saturated heterocycles. The Bertz CT molecular complexity index is 587. The number of guanidine groups is 1. The number of nitrogens with one attached hydrogen (secondary N) is 2. The predicted octanol–water partition coefficient (Wildman–Crippen LogP) is 3.16. The fourth-order valence-electron chi connectivity index (χ4n) is 3.41. The van der Waals surface area contributed by atoms with E-state index in [1.807, 2.05) is 0 Å². The molecule has 0 amide bonds. The molecule has 27 heavy (non-hydrogen) atoms. The molecule has 5 nitrogen and oxygen atoms in total. The summed E-state index contributed by atoms with van der Waals surface area (Å²) in [6.07, 6.45) is 6.35. The van der Waals surface area contributed by atoms with Gasteiger partial charge in [0.15, 0.2) is 5.96 Å². The van der Waals surface area contributed by atoms with Crippen LogP contribution in [0.2, 0.25) is 0 Å². The molecule has 0 aromatic heterocycles. The van der Waals surface area contributed by atoms with Gasteiger partial charge in [-0.1, -0.05) is 38.1 Å². The first kappa shape index (κ1) is 21.3. The Balaban J connectivity index is 1.89. The summed E-state index contributed by atoms with van der Waals surface area (Å²) in [6.45, 7) is 11.1. The van der Waals surface area contributed by atoms with Gasteiger partial charge in [-0.3, -0.25) is 0 Å². The van der Waals surface area contributed by atoms with Crippen LogP contribution in [0.5, 0.6) is 0 Å². The largest absolute Gasteiger partial charge is 0.396 e. The topological polar surface area (TPSA) is 59.9 Å². The third-order valence-corrected chi connectivity index (χ3v) is 4.78. The van der Waals surface area contributed by atoms with Crippen molar-refractivity contribution in [1.29, 1.82) is 0 Å². The lowest BCUT2D eigenvalue weighted by molar-refractivity contribution is 0.243. The van der Waals surface area contributed by atoms with Crippen LogP contribution in [0.3, 0.4) is 0 Å². The molecule has 0 radical (unpaired) electrons. The molecule has 1 aliphatic rings. The van der Waals surface area contributed by atoms with Crippen LogP contribution in [0, 0.1) is 11.8 Å². The first-order valence-corrected chi connectivity index (χ1v) is 10.2. The minimum Gasteiger partial charge on any atom is -0.396 e. The van der Waals surface area contributed by atoms with Gasteiger partial charge in [0.2, 0.25) is 0 Å². The van der Waals surface area contributed by atoms with Gasteiger partial charge < -0.3 is 20.6 Å². The Morgan fingerprint density at radius 1 is 1.15 bits per heavy atom. The van der Waals surface area contributed by atoms with Crippen LogP contribution < -0.4 is 15.5 Å². The normalized spacial score (nSPS) is 15.4. The highest BCUT2D eigenvalue weighted by Gasteiger charge is 2.11.